The minimum Gasteiger partial charge on any atom is -0.493 e. The van der Waals surface area contributed by atoms with Crippen LogP contribution in [0.2, 0.25) is 0 Å². The first-order chi connectivity index (χ1) is 9.29. The number of ether oxygens (including phenoxy) is 1. The van der Waals surface area contributed by atoms with Gasteiger partial charge in [0.15, 0.2) is 5.84 Å². The van der Waals surface area contributed by atoms with Gasteiger partial charge in [0.2, 0.25) is 0 Å². The van der Waals surface area contributed by atoms with Crippen LogP contribution in [0.1, 0.15) is 11.3 Å². The molecular weight excluding hydrogens is 242 g/mol. The molecule has 0 aliphatic heterocycles. The van der Waals surface area contributed by atoms with Gasteiger partial charge in [-0.05, 0) is 36.4 Å². The van der Waals surface area contributed by atoms with Gasteiger partial charge in [-0.15, -0.1) is 0 Å². The number of hydrogen-bond acceptors (Lipinski definition) is 4. The number of oxime groups is 1. The Morgan fingerprint density at radius 2 is 2.00 bits per heavy atom. The summed E-state index contributed by atoms with van der Waals surface area (Å²) in [6.07, 6.45) is 2.52. The fourth-order valence-corrected chi connectivity index (χ4v) is 1.60. The minimum atomic E-state index is 0.0834. The Labute approximate surface area is 111 Å². The summed E-state index contributed by atoms with van der Waals surface area (Å²) >= 11 is 0. The third kappa shape index (κ3) is 3.70. The largest absolute Gasteiger partial charge is 0.493 e. The van der Waals surface area contributed by atoms with Crippen molar-refractivity contribution < 1.29 is 9.94 Å². The molecule has 0 aliphatic rings. The van der Waals surface area contributed by atoms with Crippen molar-refractivity contribution in [2.24, 2.45) is 10.9 Å². The zero-order valence-electron chi connectivity index (χ0n) is 10.4. The van der Waals surface area contributed by atoms with Gasteiger partial charge in [-0.3, -0.25) is 4.98 Å². The molecule has 3 N–H and O–H groups in total. The van der Waals surface area contributed by atoms with E-state index in [9.17, 15) is 0 Å². The van der Waals surface area contributed by atoms with Gasteiger partial charge in [0.05, 0.1) is 6.61 Å². The van der Waals surface area contributed by atoms with Crippen LogP contribution in [0.5, 0.6) is 5.75 Å². The van der Waals surface area contributed by atoms with Gasteiger partial charge in [0.1, 0.15) is 5.75 Å². The van der Waals surface area contributed by atoms with Crippen LogP contribution in [0.3, 0.4) is 0 Å². The lowest BCUT2D eigenvalue weighted by molar-refractivity contribution is 0.318. The second kappa shape index (κ2) is 6.39. The van der Waals surface area contributed by atoms with E-state index in [4.69, 9.17) is 15.7 Å². The molecule has 0 saturated carbocycles. The zero-order valence-corrected chi connectivity index (χ0v) is 10.4. The van der Waals surface area contributed by atoms with Crippen LogP contribution in [0, 0.1) is 0 Å². The maximum absolute atomic E-state index is 8.55. The average molecular weight is 257 g/mol. The highest BCUT2D eigenvalue weighted by molar-refractivity contribution is 5.97. The molecule has 0 radical (unpaired) electrons. The molecule has 0 bridgehead atoms. The highest BCUT2D eigenvalue weighted by Crippen LogP contribution is 2.12. The van der Waals surface area contributed by atoms with Crippen LogP contribution in [-0.2, 0) is 6.42 Å². The zero-order chi connectivity index (χ0) is 13.5. The van der Waals surface area contributed by atoms with Crippen molar-refractivity contribution in [1.82, 2.24) is 4.98 Å². The number of nitrogens with zero attached hydrogens (tertiary/aromatic N) is 2. The maximum Gasteiger partial charge on any atom is 0.170 e. The van der Waals surface area contributed by atoms with E-state index in [2.05, 4.69) is 10.1 Å². The molecule has 5 nitrogen and oxygen atoms in total. The molecule has 1 aromatic heterocycles. The summed E-state index contributed by atoms with van der Waals surface area (Å²) in [4.78, 5) is 4.22. The molecule has 2 rings (SSSR count). The number of hydrogen-bond donors (Lipinski definition) is 2. The van der Waals surface area contributed by atoms with Gasteiger partial charge in [0, 0.05) is 23.9 Å². The van der Waals surface area contributed by atoms with E-state index in [1.807, 2.05) is 18.2 Å². The smallest absolute Gasteiger partial charge is 0.170 e. The van der Waals surface area contributed by atoms with Crippen LogP contribution in [-0.4, -0.2) is 22.6 Å². The van der Waals surface area contributed by atoms with Crippen molar-refractivity contribution in [2.45, 2.75) is 6.42 Å². The molecule has 1 heterocycles. The highest BCUT2D eigenvalue weighted by atomic mass is 16.5. The summed E-state index contributed by atoms with van der Waals surface area (Å²) in [5.74, 6) is 0.824. The summed E-state index contributed by atoms with van der Waals surface area (Å²) in [6, 6.07) is 12.9. The van der Waals surface area contributed by atoms with Crippen LogP contribution in [0.15, 0.2) is 53.8 Å². The first kappa shape index (κ1) is 12.9. The molecule has 0 saturated heterocycles. The summed E-state index contributed by atoms with van der Waals surface area (Å²) in [5, 5.41) is 11.5. The lowest BCUT2D eigenvalue weighted by Crippen LogP contribution is -2.12. The summed E-state index contributed by atoms with van der Waals surface area (Å²) < 4.78 is 5.60. The monoisotopic (exact) mass is 257 g/mol. The number of aromatic nitrogens is 1. The maximum atomic E-state index is 8.55. The second-order valence-electron chi connectivity index (χ2n) is 3.93. The molecule has 0 aliphatic carbocycles. The predicted molar refractivity (Wildman–Crippen MR) is 72.4 cm³/mol. The Bertz CT molecular complexity index is 538. The molecule has 98 valence electrons. The van der Waals surface area contributed by atoms with E-state index < -0.39 is 0 Å². The Kier molecular flexibility index (Phi) is 4.34. The Morgan fingerprint density at radius 1 is 1.21 bits per heavy atom. The van der Waals surface area contributed by atoms with Crippen molar-refractivity contribution >= 4 is 5.84 Å². The first-order valence-electron chi connectivity index (χ1n) is 5.90. The molecule has 5 heteroatoms. The Morgan fingerprint density at radius 3 is 2.63 bits per heavy atom. The lowest BCUT2D eigenvalue weighted by atomic mass is 10.2. The number of pyridine rings is 1. The van der Waals surface area contributed by atoms with E-state index in [0.29, 0.717) is 12.2 Å². The number of amidine groups is 1. The first-order valence-corrected chi connectivity index (χ1v) is 5.90. The standard InChI is InChI=1S/C14H15N3O2/c15-14(17-18)11-4-6-13(7-5-11)19-10-8-12-3-1-2-9-16-12/h1-7,9,18H,8,10H2,(H2,15,17). The van der Waals surface area contributed by atoms with Gasteiger partial charge in [-0.2, -0.15) is 0 Å². The Hall–Kier alpha value is -2.56. The molecule has 1 aromatic carbocycles. The van der Waals surface area contributed by atoms with Gasteiger partial charge < -0.3 is 15.7 Å². The molecule has 2 aromatic rings. The van der Waals surface area contributed by atoms with Crippen molar-refractivity contribution in [3.8, 4) is 5.75 Å². The van der Waals surface area contributed by atoms with Crippen LogP contribution >= 0.6 is 0 Å². The third-order valence-electron chi connectivity index (χ3n) is 2.61. The predicted octanol–water partition coefficient (Wildman–Crippen LogP) is 1.80. The lowest BCUT2D eigenvalue weighted by Gasteiger charge is -2.06. The summed E-state index contributed by atoms with van der Waals surface area (Å²) in [5.41, 5.74) is 7.12. The SMILES string of the molecule is N/C(=N\O)c1ccc(OCCc2ccccn2)cc1. The van der Waals surface area contributed by atoms with Crippen LogP contribution in [0.4, 0.5) is 0 Å². The molecule has 19 heavy (non-hydrogen) atoms. The fourth-order valence-electron chi connectivity index (χ4n) is 1.60. The molecular formula is C14H15N3O2. The van der Waals surface area contributed by atoms with Crippen LogP contribution in [0.25, 0.3) is 0 Å². The van der Waals surface area contributed by atoms with E-state index in [1.165, 1.54) is 0 Å². The van der Waals surface area contributed by atoms with Gasteiger partial charge >= 0.3 is 0 Å². The van der Waals surface area contributed by atoms with Gasteiger partial charge in [-0.1, -0.05) is 11.2 Å². The normalized spacial score (nSPS) is 11.3. The highest BCUT2D eigenvalue weighted by Gasteiger charge is 2.00. The molecule has 0 fully saturated rings. The van der Waals surface area contributed by atoms with E-state index >= 15 is 0 Å². The van der Waals surface area contributed by atoms with Crippen molar-refractivity contribution in [2.75, 3.05) is 6.61 Å². The van der Waals surface area contributed by atoms with E-state index in [1.54, 1.807) is 30.5 Å². The van der Waals surface area contributed by atoms with Gasteiger partial charge in [-0.25, -0.2) is 0 Å². The molecule has 0 amide bonds. The number of rotatable bonds is 5. The van der Waals surface area contributed by atoms with Crippen molar-refractivity contribution in [3.05, 3.63) is 59.9 Å². The number of nitrogens with two attached hydrogens (primary N) is 1. The van der Waals surface area contributed by atoms with Crippen LogP contribution < -0.4 is 10.5 Å². The molecule has 0 unspecified atom stereocenters. The second-order valence-corrected chi connectivity index (χ2v) is 3.93. The van der Waals surface area contributed by atoms with Gasteiger partial charge in [0.25, 0.3) is 0 Å². The molecule has 0 atom stereocenters. The number of benzene rings is 1. The summed E-state index contributed by atoms with van der Waals surface area (Å²) in [6.45, 7) is 0.555. The Balaban J connectivity index is 1.87. The minimum absolute atomic E-state index is 0.0834. The fraction of sp³-hybridized carbons (Fsp3) is 0.143. The quantitative estimate of drug-likeness (QED) is 0.370. The van der Waals surface area contributed by atoms with E-state index in [0.717, 1.165) is 17.9 Å². The summed E-state index contributed by atoms with van der Waals surface area (Å²) in [7, 11) is 0. The van der Waals surface area contributed by atoms with Crippen molar-refractivity contribution in [1.29, 1.82) is 0 Å². The van der Waals surface area contributed by atoms with E-state index in [-0.39, 0.29) is 5.84 Å². The topological polar surface area (TPSA) is 80.7 Å². The van der Waals surface area contributed by atoms with Crippen molar-refractivity contribution in [3.63, 3.8) is 0 Å². The molecule has 0 spiro atoms. The average Bonchev–Trinajstić information content (AvgIpc) is 2.48. The third-order valence-corrected chi connectivity index (χ3v) is 2.61.